The van der Waals surface area contributed by atoms with E-state index in [-0.39, 0.29) is 24.4 Å². The average molecular weight is 328 g/mol. The van der Waals surface area contributed by atoms with Crippen molar-refractivity contribution in [3.63, 3.8) is 0 Å². The van der Waals surface area contributed by atoms with E-state index in [9.17, 15) is 14.3 Å². The van der Waals surface area contributed by atoms with Crippen LogP contribution in [0.5, 0.6) is 0 Å². The molecule has 24 heavy (non-hydrogen) atoms. The molecule has 1 aliphatic carbocycles. The minimum absolute atomic E-state index is 0.114. The molecule has 2 aromatic carbocycles. The van der Waals surface area contributed by atoms with Crippen molar-refractivity contribution < 1.29 is 14.3 Å². The number of nitrogens with one attached hydrogen (secondary N) is 2. The molecule has 3 N–H and O–H groups in total. The standard InChI is InChI=1S/C19H21FN2O2/c1-12-2-4-13(5-3-12)18(23)11-21-19(24)22-17-9-6-14-10-15(20)7-8-16(14)17/h2-5,7-8,10,17-18,23H,6,9,11H2,1H3,(H2,21,22,24). The molecule has 4 nitrogen and oxygen atoms in total. The Balaban J connectivity index is 1.53. The molecule has 0 saturated heterocycles. The number of carbonyl (C=O) groups excluding carboxylic acids is 1. The fourth-order valence-corrected chi connectivity index (χ4v) is 3.04. The molecule has 3 rings (SSSR count). The van der Waals surface area contributed by atoms with Gasteiger partial charge in [-0.3, -0.25) is 0 Å². The van der Waals surface area contributed by atoms with E-state index in [0.717, 1.165) is 35.1 Å². The maximum absolute atomic E-state index is 13.2. The molecule has 5 heteroatoms. The molecule has 2 atom stereocenters. The van der Waals surface area contributed by atoms with Gasteiger partial charge >= 0.3 is 6.03 Å². The molecule has 0 heterocycles. The first-order valence-electron chi connectivity index (χ1n) is 8.10. The lowest BCUT2D eigenvalue weighted by Crippen LogP contribution is -2.39. The van der Waals surface area contributed by atoms with Gasteiger partial charge in [-0.2, -0.15) is 0 Å². The van der Waals surface area contributed by atoms with Crippen LogP contribution in [-0.4, -0.2) is 17.7 Å². The molecule has 126 valence electrons. The minimum atomic E-state index is -0.749. The third kappa shape index (κ3) is 3.74. The Bertz CT molecular complexity index is 731. The Morgan fingerprint density at radius 1 is 1.29 bits per heavy atom. The maximum atomic E-state index is 13.2. The molecule has 2 unspecified atom stereocenters. The molecule has 0 fully saturated rings. The Labute approximate surface area is 140 Å². The van der Waals surface area contributed by atoms with E-state index in [2.05, 4.69) is 10.6 Å². The molecule has 1 aliphatic rings. The van der Waals surface area contributed by atoms with Crippen LogP contribution in [0.15, 0.2) is 42.5 Å². The van der Waals surface area contributed by atoms with Crippen LogP contribution in [0.2, 0.25) is 0 Å². The summed E-state index contributed by atoms with van der Waals surface area (Å²) in [5, 5.41) is 15.7. The zero-order valence-electron chi connectivity index (χ0n) is 13.6. The highest BCUT2D eigenvalue weighted by atomic mass is 19.1. The van der Waals surface area contributed by atoms with Crippen molar-refractivity contribution in [3.8, 4) is 0 Å². The number of rotatable bonds is 4. The van der Waals surface area contributed by atoms with Crippen LogP contribution >= 0.6 is 0 Å². The predicted octanol–water partition coefficient (Wildman–Crippen LogP) is 3.15. The summed E-state index contributed by atoms with van der Waals surface area (Å²) in [6, 6.07) is 11.8. The van der Waals surface area contributed by atoms with Crippen LogP contribution in [0.3, 0.4) is 0 Å². The predicted molar refractivity (Wildman–Crippen MR) is 90.1 cm³/mol. The molecular formula is C19H21FN2O2. The zero-order valence-corrected chi connectivity index (χ0v) is 13.6. The number of halogens is 1. The summed E-state index contributed by atoms with van der Waals surface area (Å²) in [6.45, 7) is 2.12. The average Bonchev–Trinajstić information content (AvgIpc) is 2.95. The maximum Gasteiger partial charge on any atom is 0.315 e. The lowest BCUT2D eigenvalue weighted by Gasteiger charge is -2.17. The van der Waals surface area contributed by atoms with Crippen molar-refractivity contribution >= 4 is 6.03 Å². The van der Waals surface area contributed by atoms with E-state index in [1.54, 1.807) is 6.07 Å². The fourth-order valence-electron chi connectivity index (χ4n) is 3.04. The number of hydrogen-bond donors (Lipinski definition) is 3. The van der Waals surface area contributed by atoms with Gasteiger partial charge < -0.3 is 15.7 Å². The molecule has 0 aromatic heterocycles. The van der Waals surface area contributed by atoms with Gasteiger partial charge in [0.2, 0.25) is 0 Å². The third-order valence-corrected chi connectivity index (χ3v) is 4.41. The van der Waals surface area contributed by atoms with Crippen molar-refractivity contribution in [2.24, 2.45) is 0 Å². The van der Waals surface area contributed by atoms with Crippen LogP contribution in [0.25, 0.3) is 0 Å². The van der Waals surface area contributed by atoms with Gasteiger partial charge in [0.15, 0.2) is 0 Å². The first kappa shape index (κ1) is 16.5. The number of amides is 2. The Morgan fingerprint density at radius 3 is 2.79 bits per heavy atom. The lowest BCUT2D eigenvalue weighted by molar-refractivity contribution is 0.172. The number of aryl methyl sites for hydroxylation is 2. The monoisotopic (exact) mass is 328 g/mol. The van der Waals surface area contributed by atoms with Gasteiger partial charge in [-0.1, -0.05) is 35.9 Å². The number of fused-ring (bicyclic) bond motifs is 1. The number of benzene rings is 2. The third-order valence-electron chi connectivity index (χ3n) is 4.41. The molecule has 2 amide bonds. The van der Waals surface area contributed by atoms with Gasteiger partial charge in [0.1, 0.15) is 5.82 Å². The van der Waals surface area contributed by atoms with Crippen molar-refractivity contribution in [2.75, 3.05) is 6.54 Å². The van der Waals surface area contributed by atoms with Gasteiger partial charge in [0.25, 0.3) is 0 Å². The highest BCUT2D eigenvalue weighted by molar-refractivity contribution is 5.74. The van der Waals surface area contributed by atoms with Crippen molar-refractivity contribution in [1.29, 1.82) is 0 Å². The molecule has 0 saturated carbocycles. The number of hydrogen-bond acceptors (Lipinski definition) is 2. The van der Waals surface area contributed by atoms with Gasteiger partial charge in [-0.05, 0) is 48.6 Å². The van der Waals surface area contributed by atoms with E-state index in [1.807, 2.05) is 31.2 Å². The minimum Gasteiger partial charge on any atom is -0.387 e. The van der Waals surface area contributed by atoms with Crippen LogP contribution in [0.4, 0.5) is 9.18 Å². The van der Waals surface area contributed by atoms with E-state index < -0.39 is 6.10 Å². The summed E-state index contributed by atoms with van der Waals surface area (Å²) in [5.41, 5.74) is 3.79. The quantitative estimate of drug-likeness (QED) is 0.807. The van der Waals surface area contributed by atoms with Crippen LogP contribution in [-0.2, 0) is 6.42 Å². The highest BCUT2D eigenvalue weighted by Gasteiger charge is 2.24. The van der Waals surface area contributed by atoms with Crippen LogP contribution in [0.1, 0.15) is 40.8 Å². The van der Waals surface area contributed by atoms with Crippen molar-refractivity contribution in [2.45, 2.75) is 31.9 Å². The van der Waals surface area contributed by atoms with Gasteiger partial charge in [-0.25, -0.2) is 9.18 Å². The highest BCUT2D eigenvalue weighted by Crippen LogP contribution is 2.31. The van der Waals surface area contributed by atoms with Gasteiger partial charge in [0, 0.05) is 6.54 Å². The topological polar surface area (TPSA) is 61.4 Å². The van der Waals surface area contributed by atoms with E-state index in [0.29, 0.717) is 0 Å². The summed E-state index contributed by atoms with van der Waals surface area (Å²) in [5.74, 6) is -0.250. The Morgan fingerprint density at radius 2 is 2.04 bits per heavy atom. The summed E-state index contributed by atoms with van der Waals surface area (Å²) < 4.78 is 13.2. The Kier molecular flexibility index (Phi) is 4.81. The summed E-state index contributed by atoms with van der Waals surface area (Å²) in [4.78, 5) is 12.1. The fraction of sp³-hybridized carbons (Fsp3) is 0.316. The Hall–Kier alpha value is -2.40. The second-order valence-corrected chi connectivity index (χ2v) is 6.22. The number of aliphatic hydroxyl groups is 1. The number of carbonyl (C=O) groups is 1. The van der Waals surface area contributed by atoms with E-state index >= 15 is 0 Å². The molecule has 0 aliphatic heterocycles. The molecule has 0 radical (unpaired) electrons. The zero-order chi connectivity index (χ0) is 17.1. The number of aliphatic hydroxyl groups excluding tert-OH is 1. The largest absolute Gasteiger partial charge is 0.387 e. The molecular weight excluding hydrogens is 307 g/mol. The first-order chi connectivity index (χ1) is 11.5. The van der Waals surface area contributed by atoms with Crippen LogP contribution in [0, 0.1) is 12.7 Å². The molecule has 0 spiro atoms. The van der Waals surface area contributed by atoms with Gasteiger partial charge in [0.05, 0.1) is 12.1 Å². The van der Waals surface area contributed by atoms with Gasteiger partial charge in [-0.15, -0.1) is 0 Å². The second kappa shape index (κ2) is 7.01. The summed E-state index contributed by atoms with van der Waals surface area (Å²) >= 11 is 0. The second-order valence-electron chi connectivity index (χ2n) is 6.22. The lowest BCUT2D eigenvalue weighted by atomic mass is 10.1. The van der Waals surface area contributed by atoms with E-state index in [1.165, 1.54) is 12.1 Å². The van der Waals surface area contributed by atoms with Crippen molar-refractivity contribution in [1.82, 2.24) is 10.6 Å². The first-order valence-corrected chi connectivity index (χ1v) is 8.10. The molecule has 2 aromatic rings. The molecule has 0 bridgehead atoms. The summed E-state index contributed by atoms with van der Waals surface area (Å²) in [6.07, 6.45) is 0.762. The summed E-state index contributed by atoms with van der Waals surface area (Å²) in [7, 11) is 0. The van der Waals surface area contributed by atoms with E-state index in [4.69, 9.17) is 0 Å². The SMILES string of the molecule is Cc1ccc(C(O)CNC(=O)NC2CCc3cc(F)ccc32)cc1. The van der Waals surface area contributed by atoms with Crippen LogP contribution < -0.4 is 10.6 Å². The number of urea groups is 1. The normalized spacial score (nSPS) is 17.2. The smallest absolute Gasteiger partial charge is 0.315 e. The van der Waals surface area contributed by atoms with Crippen molar-refractivity contribution in [3.05, 3.63) is 70.5 Å².